The fourth-order valence-electron chi connectivity index (χ4n) is 2.45. The van der Waals surface area contributed by atoms with Gasteiger partial charge in [0, 0.05) is 12.5 Å². The molecule has 1 saturated heterocycles. The fourth-order valence-corrected chi connectivity index (χ4v) is 3.45. The highest BCUT2D eigenvalue weighted by molar-refractivity contribution is 7.18. The van der Waals surface area contributed by atoms with Crippen LogP contribution in [-0.4, -0.2) is 38.2 Å². The first-order chi connectivity index (χ1) is 11.6. The fraction of sp³-hybridized carbons (Fsp3) is 0.294. The second-order valence-corrected chi connectivity index (χ2v) is 6.35. The van der Waals surface area contributed by atoms with Gasteiger partial charge in [-0.15, -0.1) is 11.3 Å². The normalized spacial score (nSPS) is 14.7. The van der Waals surface area contributed by atoms with Crippen molar-refractivity contribution in [2.45, 2.75) is 6.42 Å². The molecule has 0 bridgehead atoms. The summed E-state index contributed by atoms with van der Waals surface area (Å²) in [6.45, 7) is 1.41. The van der Waals surface area contributed by atoms with Crippen LogP contribution in [0.25, 0.3) is 0 Å². The Morgan fingerprint density at radius 2 is 2.12 bits per heavy atom. The molecule has 2 N–H and O–H groups in total. The van der Waals surface area contributed by atoms with Crippen LogP contribution in [0.4, 0.5) is 5.00 Å². The largest absolute Gasteiger partial charge is 0.491 e. The molecule has 126 valence electrons. The minimum absolute atomic E-state index is 0.0496. The predicted octanol–water partition coefficient (Wildman–Crippen LogP) is 1.83. The molecule has 3 rings (SSSR count). The number of anilines is 1. The zero-order valence-electron chi connectivity index (χ0n) is 13.1. The van der Waals surface area contributed by atoms with Crippen LogP contribution >= 0.6 is 11.3 Å². The van der Waals surface area contributed by atoms with Crippen molar-refractivity contribution in [1.29, 1.82) is 0 Å². The summed E-state index contributed by atoms with van der Waals surface area (Å²) < 4.78 is 10.9. The molecule has 0 radical (unpaired) electrons. The molecule has 2 amide bonds. The molecule has 0 aliphatic carbocycles. The summed E-state index contributed by atoms with van der Waals surface area (Å²) in [7, 11) is 0. The summed E-state index contributed by atoms with van der Waals surface area (Å²) in [5.41, 5.74) is 6.59. The molecule has 1 fully saturated rings. The van der Waals surface area contributed by atoms with Crippen LogP contribution < -0.4 is 15.4 Å². The van der Waals surface area contributed by atoms with Gasteiger partial charge in [0.15, 0.2) is 0 Å². The molecule has 7 heteroatoms. The van der Waals surface area contributed by atoms with Gasteiger partial charge in [-0.2, -0.15) is 0 Å². The molecular weight excluding hydrogens is 328 g/mol. The maximum absolute atomic E-state index is 11.9. The van der Waals surface area contributed by atoms with Crippen LogP contribution in [-0.2, 0) is 16.0 Å². The third-order valence-electron chi connectivity index (χ3n) is 3.65. The van der Waals surface area contributed by atoms with E-state index in [-0.39, 0.29) is 12.5 Å². The van der Waals surface area contributed by atoms with E-state index < -0.39 is 5.91 Å². The molecule has 1 aromatic heterocycles. The van der Waals surface area contributed by atoms with Crippen LogP contribution in [0.15, 0.2) is 36.4 Å². The van der Waals surface area contributed by atoms with Crippen molar-refractivity contribution in [2.75, 3.05) is 31.3 Å². The van der Waals surface area contributed by atoms with Crippen molar-refractivity contribution in [3.05, 3.63) is 46.8 Å². The van der Waals surface area contributed by atoms with Crippen molar-refractivity contribution < 1.29 is 19.1 Å². The van der Waals surface area contributed by atoms with Crippen LogP contribution in [0.5, 0.6) is 5.75 Å². The number of thiophene rings is 1. The number of amides is 2. The number of benzene rings is 1. The number of morpholine rings is 1. The van der Waals surface area contributed by atoms with Crippen LogP contribution in [0.3, 0.4) is 0 Å². The average Bonchev–Trinajstić information content (AvgIpc) is 3.00. The first-order valence-corrected chi connectivity index (χ1v) is 8.45. The minimum Gasteiger partial charge on any atom is -0.491 e. The number of carbonyl (C=O) groups is 2. The van der Waals surface area contributed by atoms with Crippen LogP contribution in [0.1, 0.15) is 15.2 Å². The third-order valence-corrected chi connectivity index (χ3v) is 4.81. The number of carbonyl (C=O) groups excluding carboxylic acids is 2. The van der Waals surface area contributed by atoms with Gasteiger partial charge in [0.2, 0.25) is 0 Å². The summed E-state index contributed by atoms with van der Waals surface area (Å²) in [6.07, 6.45) is 0.723. The highest BCUT2D eigenvalue weighted by Crippen LogP contribution is 2.36. The van der Waals surface area contributed by atoms with E-state index in [1.165, 1.54) is 11.3 Å². The van der Waals surface area contributed by atoms with E-state index in [4.69, 9.17) is 15.2 Å². The average molecular weight is 346 g/mol. The Morgan fingerprint density at radius 1 is 1.33 bits per heavy atom. The lowest BCUT2D eigenvalue weighted by atomic mass is 10.2. The van der Waals surface area contributed by atoms with Gasteiger partial charge in [0.05, 0.1) is 19.8 Å². The van der Waals surface area contributed by atoms with Gasteiger partial charge >= 0.3 is 0 Å². The molecular formula is C17H18N2O4S. The van der Waals surface area contributed by atoms with Crippen molar-refractivity contribution >= 4 is 28.2 Å². The lowest BCUT2D eigenvalue weighted by Gasteiger charge is -2.25. The Morgan fingerprint density at radius 3 is 2.83 bits per heavy atom. The Bertz CT molecular complexity index is 729. The van der Waals surface area contributed by atoms with E-state index in [1.807, 2.05) is 30.3 Å². The van der Waals surface area contributed by atoms with Crippen molar-refractivity contribution in [2.24, 2.45) is 5.73 Å². The van der Waals surface area contributed by atoms with Gasteiger partial charge in [-0.3, -0.25) is 14.5 Å². The smallest absolute Gasteiger partial charge is 0.262 e. The first kappa shape index (κ1) is 16.5. The second kappa shape index (κ2) is 7.46. The number of nitrogens with two attached hydrogens (primary N) is 1. The number of hydrogen-bond donors (Lipinski definition) is 1. The molecule has 2 heterocycles. The van der Waals surface area contributed by atoms with Gasteiger partial charge in [-0.25, -0.2) is 0 Å². The SMILES string of the molecule is NC(=O)c1sc(N2CCOCC2=O)cc1OCCc1ccccc1. The van der Waals surface area contributed by atoms with Crippen LogP contribution in [0, 0.1) is 0 Å². The van der Waals surface area contributed by atoms with Gasteiger partial charge in [-0.1, -0.05) is 30.3 Å². The number of hydrogen-bond acceptors (Lipinski definition) is 5. The molecule has 1 aromatic carbocycles. The molecule has 1 aliphatic rings. The highest BCUT2D eigenvalue weighted by atomic mass is 32.1. The topological polar surface area (TPSA) is 81.9 Å². The van der Waals surface area contributed by atoms with Gasteiger partial charge in [0.25, 0.3) is 11.8 Å². The number of rotatable bonds is 6. The van der Waals surface area contributed by atoms with Crippen molar-refractivity contribution in [3.63, 3.8) is 0 Å². The van der Waals surface area contributed by atoms with Crippen molar-refractivity contribution in [1.82, 2.24) is 0 Å². The Labute approximate surface area is 143 Å². The summed E-state index contributed by atoms with van der Waals surface area (Å²) >= 11 is 1.17. The molecule has 24 heavy (non-hydrogen) atoms. The Hall–Kier alpha value is -2.38. The van der Waals surface area contributed by atoms with Crippen LogP contribution in [0.2, 0.25) is 0 Å². The van der Waals surface area contributed by atoms with Gasteiger partial charge < -0.3 is 15.2 Å². The van der Waals surface area contributed by atoms with Gasteiger partial charge in [-0.05, 0) is 5.56 Å². The maximum Gasteiger partial charge on any atom is 0.262 e. The number of nitrogens with zero attached hydrogens (tertiary/aromatic N) is 1. The standard InChI is InChI=1S/C17H18N2O4S/c18-17(21)16-13(23-8-6-12-4-2-1-3-5-12)10-15(24-16)19-7-9-22-11-14(19)20/h1-5,10H,6-9,11H2,(H2,18,21). The van der Waals surface area contributed by atoms with E-state index >= 15 is 0 Å². The number of ether oxygens (including phenoxy) is 2. The summed E-state index contributed by atoms with van der Waals surface area (Å²) in [4.78, 5) is 25.5. The third kappa shape index (κ3) is 3.74. The first-order valence-electron chi connectivity index (χ1n) is 7.63. The zero-order valence-corrected chi connectivity index (χ0v) is 13.9. The molecule has 0 spiro atoms. The van der Waals surface area contributed by atoms with Gasteiger partial charge in [0.1, 0.15) is 22.2 Å². The Balaban J connectivity index is 1.71. The lowest BCUT2D eigenvalue weighted by molar-refractivity contribution is -0.125. The highest BCUT2D eigenvalue weighted by Gasteiger charge is 2.25. The van der Waals surface area contributed by atoms with Crippen molar-refractivity contribution in [3.8, 4) is 5.75 Å². The zero-order chi connectivity index (χ0) is 16.9. The summed E-state index contributed by atoms with van der Waals surface area (Å²) in [5.74, 6) is -0.256. The molecule has 0 saturated carbocycles. The molecule has 1 aliphatic heterocycles. The summed E-state index contributed by atoms with van der Waals surface area (Å²) in [5, 5.41) is 0.659. The molecule has 6 nitrogen and oxygen atoms in total. The predicted molar refractivity (Wildman–Crippen MR) is 91.6 cm³/mol. The lowest BCUT2D eigenvalue weighted by Crippen LogP contribution is -2.41. The van der Waals surface area contributed by atoms with E-state index in [1.54, 1.807) is 11.0 Å². The monoisotopic (exact) mass is 346 g/mol. The van der Waals surface area contributed by atoms with E-state index in [9.17, 15) is 9.59 Å². The maximum atomic E-state index is 11.9. The van der Waals surface area contributed by atoms with E-state index in [0.29, 0.717) is 35.4 Å². The van der Waals surface area contributed by atoms with E-state index in [2.05, 4.69) is 0 Å². The molecule has 2 aromatic rings. The molecule has 0 unspecified atom stereocenters. The Kier molecular flexibility index (Phi) is 5.12. The quantitative estimate of drug-likeness (QED) is 0.865. The minimum atomic E-state index is -0.554. The summed E-state index contributed by atoms with van der Waals surface area (Å²) in [6, 6.07) is 11.6. The molecule has 0 atom stereocenters. The number of primary amides is 1. The van der Waals surface area contributed by atoms with E-state index in [0.717, 1.165) is 12.0 Å². The second-order valence-electron chi connectivity index (χ2n) is 5.32.